The molecule has 0 radical (unpaired) electrons. The summed E-state index contributed by atoms with van der Waals surface area (Å²) in [6.45, 7) is 1.80. The number of nitrogens with one attached hydrogen (secondary N) is 1. The Bertz CT molecular complexity index is 620. The van der Waals surface area contributed by atoms with Gasteiger partial charge < -0.3 is 14.6 Å². The molecule has 0 saturated carbocycles. The molecule has 0 fully saturated rings. The van der Waals surface area contributed by atoms with Crippen LogP contribution in [0.25, 0.3) is 0 Å². The van der Waals surface area contributed by atoms with Crippen LogP contribution in [-0.4, -0.2) is 18.3 Å². The van der Waals surface area contributed by atoms with Crippen LogP contribution < -0.4 is 10.9 Å². The number of nitrogens with zero attached hydrogens (tertiary/aromatic N) is 1. The number of hydrogen-bond donors (Lipinski definition) is 1. The van der Waals surface area contributed by atoms with Gasteiger partial charge in [0.1, 0.15) is 0 Å². The molecular weight excluding hydrogens is 408 g/mol. The minimum absolute atomic E-state index is 0.0192. The summed E-state index contributed by atoms with van der Waals surface area (Å²) < 4.78 is 8.78. The van der Waals surface area contributed by atoms with Crippen molar-refractivity contribution in [1.82, 2.24) is 4.57 Å². The highest BCUT2D eigenvalue weighted by Gasteiger charge is 2.04. The highest BCUT2D eigenvalue weighted by atomic mass is 79.9. The van der Waals surface area contributed by atoms with E-state index in [2.05, 4.69) is 43.2 Å². The van der Waals surface area contributed by atoms with Gasteiger partial charge in [-0.05, 0) is 44.0 Å². The summed E-state index contributed by atoms with van der Waals surface area (Å²) in [5.74, 6) is 0. The van der Waals surface area contributed by atoms with E-state index in [-0.39, 0.29) is 5.56 Å². The van der Waals surface area contributed by atoms with Gasteiger partial charge in [-0.3, -0.25) is 4.79 Å². The van der Waals surface area contributed by atoms with E-state index >= 15 is 0 Å². The van der Waals surface area contributed by atoms with Crippen molar-refractivity contribution in [2.75, 3.05) is 19.0 Å². The number of halogens is 2. The number of rotatable bonds is 6. The van der Waals surface area contributed by atoms with Crippen molar-refractivity contribution in [2.45, 2.75) is 13.1 Å². The first-order valence-corrected chi connectivity index (χ1v) is 8.37. The van der Waals surface area contributed by atoms with Gasteiger partial charge in [-0.25, -0.2) is 0 Å². The maximum atomic E-state index is 11.7. The summed E-state index contributed by atoms with van der Waals surface area (Å²) in [6, 6.07) is 5.43. The van der Waals surface area contributed by atoms with E-state index in [1.165, 1.54) is 4.88 Å². The van der Waals surface area contributed by atoms with Crippen molar-refractivity contribution in [2.24, 2.45) is 0 Å². The molecule has 4 nitrogen and oxygen atoms in total. The Morgan fingerprint density at radius 1 is 1.40 bits per heavy atom. The SMILES string of the molecule is COCCn1cc(NCc2cc(Br)c(Br)s2)ccc1=O. The van der Waals surface area contributed by atoms with Crippen LogP contribution in [0.15, 0.2) is 37.4 Å². The van der Waals surface area contributed by atoms with Crippen molar-refractivity contribution in [3.05, 3.63) is 47.9 Å². The van der Waals surface area contributed by atoms with E-state index in [0.717, 1.165) is 20.5 Å². The average Bonchev–Trinajstić information content (AvgIpc) is 2.75. The van der Waals surface area contributed by atoms with E-state index in [9.17, 15) is 4.79 Å². The number of anilines is 1. The van der Waals surface area contributed by atoms with Crippen LogP contribution in [0.4, 0.5) is 5.69 Å². The number of aromatic nitrogens is 1. The second-order valence-corrected chi connectivity index (χ2v) is 7.44. The molecular formula is C13H14Br2N2O2S. The molecule has 0 atom stereocenters. The molecule has 0 amide bonds. The molecule has 2 aromatic heterocycles. The quantitative estimate of drug-likeness (QED) is 0.773. The zero-order valence-corrected chi connectivity index (χ0v) is 14.8. The summed E-state index contributed by atoms with van der Waals surface area (Å²) in [5.41, 5.74) is 0.899. The van der Waals surface area contributed by atoms with Crippen LogP contribution in [0.3, 0.4) is 0 Å². The number of ether oxygens (including phenoxy) is 1. The van der Waals surface area contributed by atoms with E-state index in [1.54, 1.807) is 35.1 Å². The lowest BCUT2D eigenvalue weighted by molar-refractivity contribution is 0.186. The standard InChI is InChI=1S/C13H14Br2N2O2S/c1-19-5-4-17-8-9(2-3-12(17)18)16-7-10-6-11(14)13(15)20-10/h2-3,6,8,16H,4-5,7H2,1H3. The smallest absolute Gasteiger partial charge is 0.250 e. The normalized spacial score (nSPS) is 10.8. The molecule has 20 heavy (non-hydrogen) atoms. The zero-order valence-electron chi connectivity index (χ0n) is 10.9. The topological polar surface area (TPSA) is 43.3 Å². The third-order valence-electron chi connectivity index (χ3n) is 2.68. The van der Waals surface area contributed by atoms with Gasteiger partial charge in [0.2, 0.25) is 0 Å². The molecule has 0 unspecified atom stereocenters. The third-order valence-corrected chi connectivity index (χ3v) is 5.94. The molecule has 0 saturated heterocycles. The number of pyridine rings is 1. The Labute approximate surface area is 138 Å². The molecule has 0 aliphatic heterocycles. The molecule has 2 rings (SSSR count). The molecule has 0 aliphatic rings. The lowest BCUT2D eigenvalue weighted by Gasteiger charge is -2.09. The summed E-state index contributed by atoms with van der Waals surface area (Å²) >= 11 is 8.62. The van der Waals surface area contributed by atoms with Crippen LogP contribution >= 0.6 is 43.2 Å². The first-order chi connectivity index (χ1) is 9.60. The van der Waals surface area contributed by atoms with Gasteiger partial charge in [0.05, 0.1) is 16.1 Å². The lowest BCUT2D eigenvalue weighted by Crippen LogP contribution is -2.21. The second kappa shape index (κ2) is 7.40. The van der Waals surface area contributed by atoms with Crippen molar-refractivity contribution >= 4 is 48.9 Å². The Morgan fingerprint density at radius 2 is 2.20 bits per heavy atom. The summed E-state index contributed by atoms with van der Waals surface area (Å²) in [6.07, 6.45) is 1.82. The first-order valence-electron chi connectivity index (χ1n) is 5.97. The minimum Gasteiger partial charge on any atom is -0.383 e. The van der Waals surface area contributed by atoms with E-state index in [4.69, 9.17) is 4.74 Å². The second-order valence-electron chi connectivity index (χ2n) is 4.13. The molecule has 1 N–H and O–H groups in total. The third kappa shape index (κ3) is 4.18. The van der Waals surface area contributed by atoms with E-state index < -0.39 is 0 Å². The Morgan fingerprint density at radius 3 is 2.85 bits per heavy atom. The van der Waals surface area contributed by atoms with Crippen LogP contribution in [-0.2, 0) is 17.8 Å². The van der Waals surface area contributed by atoms with Gasteiger partial charge in [0.15, 0.2) is 0 Å². The molecule has 2 heterocycles. The van der Waals surface area contributed by atoms with E-state index in [0.29, 0.717) is 13.2 Å². The molecule has 0 aromatic carbocycles. The van der Waals surface area contributed by atoms with Crippen molar-refractivity contribution in [3.63, 3.8) is 0 Å². The van der Waals surface area contributed by atoms with Crippen LogP contribution in [0.1, 0.15) is 4.88 Å². The maximum absolute atomic E-state index is 11.7. The number of methoxy groups -OCH3 is 1. The Kier molecular flexibility index (Phi) is 5.83. The van der Waals surface area contributed by atoms with Crippen molar-refractivity contribution in [3.8, 4) is 0 Å². The van der Waals surface area contributed by atoms with Gasteiger partial charge in [-0.2, -0.15) is 0 Å². The van der Waals surface area contributed by atoms with Gasteiger partial charge in [0, 0.05) is 41.8 Å². The van der Waals surface area contributed by atoms with Gasteiger partial charge in [-0.15, -0.1) is 11.3 Å². The summed E-state index contributed by atoms with van der Waals surface area (Å²) in [4.78, 5) is 12.9. The molecule has 2 aromatic rings. The Balaban J connectivity index is 2.04. The summed E-state index contributed by atoms with van der Waals surface area (Å²) in [7, 11) is 1.62. The van der Waals surface area contributed by atoms with Gasteiger partial charge in [-0.1, -0.05) is 0 Å². The highest BCUT2D eigenvalue weighted by Crippen LogP contribution is 2.32. The number of thiophene rings is 1. The highest BCUT2D eigenvalue weighted by molar-refractivity contribution is 9.13. The molecule has 108 valence electrons. The molecule has 0 aliphatic carbocycles. The van der Waals surface area contributed by atoms with Crippen molar-refractivity contribution < 1.29 is 4.74 Å². The first kappa shape index (κ1) is 15.8. The predicted molar refractivity (Wildman–Crippen MR) is 89.6 cm³/mol. The fourth-order valence-electron chi connectivity index (χ4n) is 1.67. The van der Waals surface area contributed by atoms with E-state index in [1.807, 2.05) is 6.20 Å². The predicted octanol–water partition coefficient (Wildman–Crippen LogP) is 3.69. The Hall–Kier alpha value is -0.630. The van der Waals surface area contributed by atoms with Gasteiger partial charge >= 0.3 is 0 Å². The maximum Gasteiger partial charge on any atom is 0.250 e. The lowest BCUT2D eigenvalue weighted by atomic mass is 10.3. The van der Waals surface area contributed by atoms with Crippen LogP contribution in [0, 0.1) is 0 Å². The fourth-order valence-corrected chi connectivity index (χ4v) is 3.78. The van der Waals surface area contributed by atoms with Crippen LogP contribution in [0.5, 0.6) is 0 Å². The van der Waals surface area contributed by atoms with Gasteiger partial charge in [0.25, 0.3) is 5.56 Å². The average molecular weight is 422 g/mol. The zero-order chi connectivity index (χ0) is 14.5. The number of hydrogen-bond acceptors (Lipinski definition) is 4. The fraction of sp³-hybridized carbons (Fsp3) is 0.308. The summed E-state index contributed by atoms with van der Waals surface area (Å²) in [5, 5.41) is 3.31. The molecule has 0 bridgehead atoms. The van der Waals surface area contributed by atoms with Crippen LogP contribution in [0.2, 0.25) is 0 Å². The molecule has 7 heteroatoms. The molecule has 0 spiro atoms. The largest absolute Gasteiger partial charge is 0.383 e. The monoisotopic (exact) mass is 420 g/mol. The van der Waals surface area contributed by atoms with Crippen molar-refractivity contribution in [1.29, 1.82) is 0 Å². The minimum atomic E-state index is -0.0192.